The van der Waals surface area contributed by atoms with Crippen LogP contribution in [0.5, 0.6) is 0 Å². The summed E-state index contributed by atoms with van der Waals surface area (Å²) in [5, 5.41) is 6.74. The molecular weight excluding hydrogens is 348 g/mol. The lowest BCUT2D eigenvalue weighted by Crippen LogP contribution is -2.36. The highest BCUT2D eigenvalue weighted by Crippen LogP contribution is 2.26. The third-order valence-corrected chi connectivity index (χ3v) is 5.86. The van der Waals surface area contributed by atoms with E-state index in [-0.39, 0.29) is 11.9 Å². The molecule has 0 saturated carbocycles. The Morgan fingerprint density at radius 2 is 2.07 bits per heavy atom. The lowest BCUT2D eigenvalue weighted by atomic mass is 9.85. The summed E-state index contributed by atoms with van der Waals surface area (Å²) in [6.45, 7) is 4.32. The molecule has 1 saturated heterocycles. The predicted molar refractivity (Wildman–Crippen MR) is 112 cm³/mol. The first-order chi connectivity index (χ1) is 13.7. The number of imidazole rings is 1. The Balaban J connectivity index is 1.53. The number of aromatic amines is 1. The Bertz CT molecular complexity index is 915. The normalized spacial score (nSPS) is 19.2. The summed E-state index contributed by atoms with van der Waals surface area (Å²) in [6.07, 6.45) is 4.67. The van der Waals surface area contributed by atoms with E-state index in [1.54, 1.807) is 6.33 Å². The van der Waals surface area contributed by atoms with Crippen LogP contribution in [0.15, 0.2) is 54.9 Å². The molecule has 5 nitrogen and oxygen atoms in total. The summed E-state index contributed by atoms with van der Waals surface area (Å²) < 4.78 is 0. The lowest BCUT2D eigenvalue weighted by molar-refractivity contribution is -0.122. The van der Waals surface area contributed by atoms with Crippen molar-refractivity contribution in [2.75, 3.05) is 13.1 Å². The Kier molecular flexibility index (Phi) is 5.72. The maximum atomic E-state index is 12.9. The van der Waals surface area contributed by atoms with Gasteiger partial charge in [-0.15, -0.1) is 0 Å². The van der Waals surface area contributed by atoms with Crippen molar-refractivity contribution in [3.05, 3.63) is 66.0 Å². The summed E-state index contributed by atoms with van der Waals surface area (Å²) in [5.74, 6) is 1.06. The van der Waals surface area contributed by atoms with Gasteiger partial charge in [-0.25, -0.2) is 4.98 Å². The Hall–Kier alpha value is -2.66. The van der Waals surface area contributed by atoms with Crippen molar-refractivity contribution in [1.82, 2.24) is 20.6 Å². The van der Waals surface area contributed by atoms with E-state index < -0.39 is 0 Å². The van der Waals surface area contributed by atoms with E-state index in [1.807, 2.05) is 24.3 Å². The quantitative estimate of drug-likeness (QED) is 0.613. The van der Waals surface area contributed by atoms with Gasteiger partial charge in [-0.3, -0.25) is 4.79 Å². The molecule has 3 atom stereocenters. The number of H-pyrrole nitrogens is 1. The monoisotopic (exact) mass is 376 g/mol. The number of fused-ring (bicyclic) bond motifs is 1. The zero-order valence-corrected chi connectivity index (χ0v) is 16.3. The van der Waals surface area contributed by atoms with E-state index in [2.05, 4.69) is 51.8 Å². The first kappa shape index (κ1) is 18.7. The van der Waals surface area contributed by atoms with Crippen LogP contribution in [0.1, 0.15) is 43.4 Å². The summed E-state index contributed by atoms with van der Waals surface area (Å²) in [7, 11) is 0. The first-order valence-corrected chi connectivity index (χ1v) is 10.2. The maximum absolute atomic E-state index is 12.9. The molecule has 28 heavy (non-hydrogen) atoms. The zero-order valence-electron chi connectivity index (χ0n) is 16.3. The van der Waals surface area contributed by atoms with Gasteiger partial charge in [0.05, 0.1) is 23.4 Å². The molecule has 3 unspecified atom stereocenters. The fraction of sp³-hybridized carbons (Fsp3) is 0.391. The molecule has 3 N–H and O–H groups in total. The number of rotatable bonds is 6. The average molecular weight is 377 g/mol. The van der Waals surface area contributed by atoms with Crippen LogP contribution in [0, 0.1) is 11.8 Å². The van der Waals surface area contributed by atoms with Crippen LogP contribution in [0.3, 0.4) is 0 Å². The molecule has 2 aromatic carbocycles. The van der Waals surface area contributed by atoms with Crippen LogP contribution in [0.2, 0.25) is 0 Å². The molecule has 4 rings (SSSR count). The van der Waals surface area contributed by atoms with Crippen LogP contribution in [0.25, 0.3) is 11.0 Å². The SMILES string of the molecule is CC(CC(=O)NC(c1ccccc1)c1ccc2nc[nH]c2c1)C1CCCNC1. The van der Waals surface area contributed by atoms with E-state index >= 15 is 0 Å². The molecule has 0 spiro atoms. The maximum Gasteiger partial charge on any atom is 0.221 e. The van der Waals surface area contributed by atoms with E-state index in [1.165, 1.54) is 12.8 Å². The van der Waals surface area contributed by atoms with Crippen molar-refractivity contribution in [1.29, 1.82) is 0 Å². The van der Waals surface area contributed by atoms with Gasteiger partial charge < -0.3 is 15.6 Å². The molecule has 0 bridgehead atoms. The molecule has 0 aliphatic carbocycles. The van der Waals surface area contributed by atoms with E-state index in [9.17, 15) is 4.79 Å². The summed E-state index contributed by atoms with van der Waals surface area (Å²) in [4.78, 5) is 20.4. The lowest BCUT2D eigenvalue weighted by Gasteiger charge is -2.28. The van der Waals surface area contributed by atoms with Gasteiger partial charge in [-0.1, -0.05) is 43.3 Å². The fourth-order valence-corrected chi connectivity index (χ4v) is 4.18. The molecule has 1 aliphatic heterocycles. The summed E-state index contributed by atoms with van der Waals surface area (Å²) >= 11 is 0. The van der Waals surface area contributed by atoms with Gasteiger partial charge in [0.25, 0.3) is 0 Å². The largest absolute Gasteiger partial charge is 0.345 e. The predicted octanol–water partition coefficient (Wildman–Crippen LogP) is 3.79. The molecule has 146 valence electrons. The number of carbonyl (C=O) groups is 1. The highest BCUT2D eigenvalue weighted by molar-refractivity contribution is 5.79. The second-order valence-corrected chi connectivity index (χ2v) is 7.88. The summed E-state index contributed by atoms with van der Waals surface area (Å²) in [6, 6.07) is 16.1. The van der Waals surface area contributed by atoms with Crippen molar-refractivity contribution in [3.8, 4) is 0 Å². The first-order valence-electron chi connectivity index (χ1n) is 10.2. The number of amides is 1. The van der Waals surface area contributed by atoms with Crippen LogP contribution in [-0.4, -0.2) is 29.0 Å². The van der Waals surface area contributed by atoms with Gasteiger partial charge in [0, 0.05) is 6.42 Å². The third-order valence-electron chi connectivity index (χ3n) is 5.86. The van der Waals surface area contributed by atoms with E-state index in [0.717, 1.165) is 35.2 Å². The van der Waals surface area contributed by atoms with Crippen LogP contribution in [0.4, 0.5) is 0 Å². The molecule has 0 radical (unpaired) electrons. The Morgan fingerprint density at radius 1 is 1.21 bits per heavy atom. The van der Waals surface area contributed by atoms with E-state index in [0.29, 0.717) is 18.3 Å². The molecule has 1 fully saturated rings. The van der Waals surface area contributed by atoms with E-state index in [4.69, 9.17) is 0 Å². The van der Waals surface area contributed by atoms with Gasteiger partial charge in [0.2, 0.25) is 5.91 Å². The van der Waals surface area contributed by atoms with Gasteiger partial charge >= 0.3 is 0 Å². The van der Waals surface area contributed by atoms with Gasteiger partial charge in [0.15, 0.2) is 0 Å². The molecule has 1 aromatic heterocycles. The van der Waals surface area contributed by atoms with Crippen LogP contribution in [-0.2, 0) is 4.79 Å². The number of aromatic nitrogens is 2. The molecule has 3 aromatic rings. The Labute approximate surface area is 166 Å². The molecule has 1 amide bonds. The highest BCUT2D eigenvalue weighted by Gasteiger charge is 2.24. The van der Waals surface area contributed by atoms with Crippen molar-refractivity contribution in [2.24, 2.45) is 11.8 Å². The molecule has 5 heteroatoms. The topological polar surface area (TPSA) is 69.8 Å². The second kappa shape index (κ2) is 8.57. The van der Waals surface area contributed by atoms with Crippen LogP contribution >= 0.6 is 0 Å². The second-order valence-electron chi connectivity index (χ2n) is 7.88. The van der Waals surface area contributed by atoms with Crippen molar-refractivity contribution < 1.29 is 4.79 Å². The Morgan fingerprint density at radius 3 is 2.86 bits per heavy atom. The minimum Gasteiger partial charge on any atom is -0.345 e. The number of carbonyl (C=O) groups excluding carboxylic acids is 1. The molecular formula is C23H28N4O. The molecule has 1 aliphatic rings. The number of benzene rings is 2. The number of piperidine rings is 1. The standard InChI is InChI=1S/C23H28N4O/c1-16(19-8-5-11-24-14-19)12-22(28)27-23(17-6-3-2-4-7-17)18-9-10-20-21(13-18)26-15-25-20/h2-4,6-7,9-10,13,15-16,19,23-24H,5,8,11-12,14H2,1H3,(H,25,26)(H,27,28). The van der Waals surface area contributed by atoms with Crippen LogP contribution < -0.4 is 10.6 Å². The van der Waals surface area contributed by atoms with Crippen molar-refractivity contribution in [2.45, 2.75) is 32.2 Å². The molecule has 2 heterocycles. The highest BCUT2D eigenvalue weighted by atomic mass is 16.1. The zero-order chi connectivity index (χ0) is 19.3. The van der Waals surface area contributed by atoms with Gasteiger partial charge in [-0.05, 0) is 61.0 Å². The smallest absolute Gasteiger partial charge is 0.221 e. The number of nitrogens with one attached hydrogen (secondary N) is 3. The fourth-order valence-electron chi connectivity index (χ4n) is 4.18. The summed E-state index contributed by atoms with van der Waals surface area (Å²) in [5.41, 5.74) is 4.06. The van der Waals surface area contributed by atoms with Crippen molar-refractivity contribution >= 4 is 16.9 Å². The minimum absolute atomic E-state index is 0.108. The minimum atomic E-state index is -0.168. The number of hydrogen-bond donors (Lipinski definition) is 3. The number of hydrogen-bond acceptors (Lipinski definition) is 3. The number of nitrogens with zero attached hydrogens (tertiary/aromatic N) is 1. The average Bonchev–Trinajstić information content (AvgIpc) is 3.21. The van der Waals surface area contributed by atoms with Crippen molar-refractivity contribution in [3.63, 3.8) is 0 Å². The third kappa shape index (κ3) is 4.25. The van der Waals surface area contributed by atoms with Gasteiger partial charge in [-0.2, -0.15) is 0 Å². The van der Waals surface area contributed by atoms with Gasteiger partial charge in [0.1, 0.15) is 0 Å².